The molecule has 0 saturated heterocycles. The highest BCUT2D eigenvalue weighted by Crippen LogP contribution is 2.35. The fourth-order valence-electron chi connectivity index (χ4n) is 3.22. The van der Waals surface area contributed by atoms with Gasteiger partial charge < -0.3 is 24.4 Å². The first-order valence-corrected chi connectivity index (χ1v) is 11.1. The molecule has 0 aliphatic heterocycles. The number of ether oxygens (including phenoxy) is 3. The molecule has 1 N–H and O–H groups in total. The van der Waals surface area contributed by atoms with Crippen LogP contribution >= 0.6 is 11.6 Å². The number of anilines is 1. The van der Waals surface area contributed by atoms with Crippen molar-refractivity contribution in [1.29, 1.82) is 0 Å². The molecule has 33 heavy (non-hydrogen) atoms. The number of halogens is 2. The van der Waals surface area contributed by atoms with Crippen LogP contribution in [0.1, 0.15) is 47.5 Å². The molecular formula is C22H33ClFN5O4. The molecule has 1 amide bonds. The standard InChI is InChI=1S/C22H33ClFN5O4/c1-12(9-10-29(7)21(30)33-22(3,4)5)11-13(2)32-19-14-16(15(24)17(23)27-19)26-20(31-8)28-18(14)25-6/h12-13H,9-11H2,1-8H3,(H,25,26,28). The normalized spacial score (nSPS) is 13.4. The van der Waals surface area contributed by atoms with E-state index < -0.39 is 11.4 Å². The van der Waals surface area contributed by atoms with E-state index in [1.807, 2.05) is 27.7 Å². The Morgan fingerprint density at radius 1 is 1.24 bits per heavy atom. The maximum atomic E-state index is 14.6. The zero-order chi connectivity index (χ0) is 24.9. The largest absolute Gasteiger partial charge is 0.474 e. The minimum absolute atomic E-state index is 0.00487. The Balaban J connectivity index is 2.10. The van der Waals surface area contributed by atoms with E-state index in [4.69, 9.17) is 25.8 Å². The molecule has 2 atom stereocenters. The van der Waals surface area contributed by atoms with Gasteiger partial charge in [0.1, 0.15) is 22.3 Å². The summed E-state index contributed by atoms with van der Waals surface area (Å²) in [5, 5.41) is 2.83. The van der Waals surface area contributed by atoms with Gasteiger partial charge in [-0.1, -0.05) is 18.5 Å². The van der Waals surface area contributed by atoms with Gasteiger partial charge in [-0.15, -0.1) is 0 Å². The zero-order valence-corrected chi connectivity index (χ0v) is 21.2. The maximum Gasteiger partial charge on any atom is 0.410 e. The molecule has 2 heterocycles. The quantitative estimate of drug-likeness (QED) is 0.500. The van der Waals surface area contributed by atoms with Crippen molar-refractivity contribution in [2.45, 2.75) is 59.2 Å². The number of aromatic nitrogens is 3. The van der Waals surface area contributed by atoms with Crippen LogP contribution in [0.25, 0.3) is 10.9 Å². The molecule has 0 aromatic carbocycles. The molecule has 0 fully saturated rings. The number of carbonyl (C=O) groups excluding carboxylic acids is 1. The minimum atomic E-state index is -0.776. The summed E-state index contributed by atoms with van der Waals surface area (Å²) < 4.78 is 31.1. The first-order chi connectivity index (χ1) is 15.4. The number of nitrogens with one attached hydrogen (secondary N) is 1. The summed E-state index contributed by atoms with van der Waals surface area (Å²) in [6.07, 6.45) is 0.803. The van der Waals surface area contributed by atoms with E-state index >= 15 is 0 Å². The number of pyridine rings is 1. The number of methoxy groups -OCH3 is 1. The number of hydrogen-bond donors (Lipinski definition) is 1. The summed E-state index contributed by atoms with van der Waals surface area (Å²) in [6, 6.07) is -0.00487. The van der Waals surface area contributed by atoms with Crippen molar-refractivity contribution in [3.8, 4) is 11.9 Å². The SMILES string of the molecule is CNc1nc(OC)nc2c(F)c(Cl)nc(OC(C)CC(C)CCN(C)C(=O)OC(C)(C)C)c12. The number of amides is 1. The molecule has 2 rings (SSSR count). The van der Waals surface area contributed by atoms with Crippen LogP contribution in [0.2, 0.25) is 5.15 Å². The average Bonchev–Trinajstić information content (AvgIpc) is 2.73. The summed E-state index contributed by atoms with van der Waals surface area (Å²) in [5.74, 6) is -0.0993. The molecule has 0 aliphatic carbocycles. The molecule has 2 unspecified atom stereocenters. The number of nitrogens with zero attached hydrogens (tertiary/aromatic N) is 4. The van der Waals surface area contributed by atoms with Gasteiger partial charge in [-0.3, -0.25) is 0 Å². The van der Waals surface area contributed by atoms with Crippen molar-refractivity contribution in [2.24, 2.45) is 5.92 Å². The fourth-order valence-corrected chi connectivity index (χ4v) is 3.39. The first kappa shape index (κ1) is 26.6. The van der Waals surface area contributed by atoms with E-state index in [0.717, 1.165) is 6.42 Å². The third-order valence-corrected chi connectivity index (χ3v) is 5.07. The van der Waals surface area contributed by atoms with Crippen molar-refractivity contribution >= 4 is 34.4 Å². The van der Waals surface area contributed by atoms with Gasteiger partial charge in [-0.25, -0.2) is 9.18 Å². The van der Waals surface area contributed by atoms with Gasteiger partial charge in [-0.05, 0) is 46.5 Å². The van der Waals surface area contributed by atoms with E-state index in [1.54, 1.807) is 19.0 Å². The Labute approximate surface area is 199 Å². The molecular weight excluding hydrogens is 453 g/mol. The first-order valence-electron chi connectivity index (χ1n) is 10.8. The molecule has 9 nitrogen and oxygen atoms in total. The second kappa shape index (κ2) is 11.0. The van der Waals surface area contributed by atoms with Crippen molar-refractivity contribution < 1.29 is 23.4 Å². The molecule has 0 aliphatic rings. The highest BCUT2D eigenvalue weighted by molar-refractivity contribution is 6.30. The highest BCUT2D eigenvalue weighted by atomic mass is 35.5. The average molecular weight is 486 g/mol. The monoisotopic (exact) mass is 485 g/mol. The summed E-state index contributed by atoms with van der Waals surface area (Å²) in [7, 11) is 4.75. The third kappa shape index (κ3) is 7.18. The third-order valence-electron chi connectivity index (χ3n) is 4.82. The van der Waals surface area contributed by atoms with Crippen LogP contribution in [0.15, 0.2) is 0 Å². The zero-order valence-electron chi connectivity index (χ0n) is 20.5. The molecule has 184 valence electrons. The predicted octanol–water partition coefficient (Wildman–Crippen LogP) is 4.92. The van der Waals surface area contributed by atoms with Gasteiger partial charge in [0.2, 0.25) is 5.88 Å². The summed E-state index contributed by atoms with van der Waals surface area (Å²) in [4.78, 5) is 26.1. The molecule has 0 bridgehead atoms. The number of carbonyl (C=O) groups is 1. The van der Waals surface area contributed by atoms with E-state index in [0.29, 0.717) is 18.8 Å². The fraction of sp³-hybridized carbons (Fsp3) is 0.636. The van der Waals surface area contributed by atoms with Gasteiger partial charge in [-0.2, -0.15) is 15.0 Å². The molecule has 2 aromatic heterocycles. The molecule has 0 saturated carbocycles. The number of hydrogen-bond acceptors (Lipinski definition) is 8. The van der Waals surface area contributed by atoms with E-state index in [-0.39, 0.29) is 46.1 Å². The highest BCUT2D eigenvalue weighted by Gasteiger charge is 2.23. The van der Waals surface area contributed by atoms with E-state index in [9.17, 15) is 9.18 Å². The Morgan fingerprint density at radius 3 is 2.48 bits per heavy atom. The second-order valence-corrected chi connectivity index (χ2v) is 9.37. The van der Waals surface area contributed by atoms with E-state index in [1.165, 1.54) is 7.11 Å². The van der Waals surface area contributed by atoms with Crippen LogP contribution in [0.3, 0.4) is 0 Å². The van der Waals surface area contributed by atoms with Crippen LogP contribution < -0.4 is 14.8 Å². The van der Waals surface area contributed by atoms with Crippen LogP contribution in [-0.4, -0.2) is 65.4 Å². The van der Waals surface area contributed by atoms with Gasteiger partial charge in [0.15, 0.2) is 11.0 Å². The van der Waals surface area contributed by atoms with Gasteiger partial charge in [0, 0.05) is 20.6 Å². The van der Waals surface area contributed by atoms with Crippen LogP contribution in [0, 0.1) is 11.7 Å². The van der Waals surface area contributed by atoms with Crippen molar-refractivity contribution in [1.82, 2.24) is 19.9 Å². The molecule has 2 aromatic rings. The summed E-state index contributed by atoms with van der Waals surface area (Å²) in [6.45, 7) is 10.0. The lowest BCUT2D eigenvalue weighted by Crippen LogP contribution is -2.35. The van der Waals surface area contributed by atoms with Gasteiger partial charge in [0.25, 0.3) is 0 Å². The lowest BCUT2D eigenvalue weighted by molar-refractivity contribution is 0.0289. The lowest BCUT2D eigenvalue weighted by atomic mass is 10.0. The predicted molar refractivity (Wildman–Crippen MR) is 126 cm³/mol. The Morgan fingerprint density at radius 2 is 1.91 bits per heavy atom. The minimum Gasteiger partial charge on any atom is -0.474 e. The molecule has 0 spiro atoms. The van der Waals surface area contributed by atoms with Gasteiger partial charge >= 0.3 is 12.1 Å². The number of fused-ring (bicyclic) bond motifs is 1. The van der Waals surface area contributed by atoms with Gasteiger partial charge in [0.05, 0.1) is 13.2 Å². The van der Waals surface area contributed by atoms with E-state index in [2.05, 4.69) is 27.2 Å². The Bertz CT molecular complexity index is 986. The topological polar surface area (TPSA) is 98.7 Å². The summed E-state index contributed by atoms with van der Waals surface area (Å²) in [5.41, 5.74) is -0.578. The number of rotatable bonds is 9. The Hall–Kier alpha value is -2.62. The molecule has 0 radical (unpaired) electrons. The van der Waals surface area contributed by atoms with Crippen LogP contribution in [-0.2, 0) is 4.74 Å². The van der Waals surface area contributed by atoms with Crippen molar-refractivity contribution in [3.63, 3.8) is 0 Å². The maximum absolute atomic E-state index is 14.6. The Kier molecular flexibility index (Phi) is 8.88. The molecule has 11 heteroatoms. The van der Waals surface area contributed by atoms with Crippen LogP contribution in [0.4, 0.5) is 15.0 Å². The van der Waals surface area contributed by atoms with Crippen molar-refractivity contribution in [3.05, 3.63) is 11.0 Å². The summed E-state index contributed by atoms with van der Waals surface area (Å²) >= 11 is 6.00. The lowest BCUT2D eigenvalue weighted by Gasteiger charge is -2.26. The van der Waals surface area contributed by atoms with Crippen LogP contribution in [0.5, 0.6) is 11.9 Å². The second-order valence-electron chi connectivity index (χ2n) is 9.01. The van der Waals surface area contributed by atoms with Crippen molar-refractivity contribution in [2.75, 3.05) is 33.1 Å². The smallest absolute Gasteiger partial charge is 0.410 e.